The number of nitrogens with zero attached hydrogens (tertiary/aromatic N) is 5. The zero-order valence-corrected chi connectivity index (χ0v) is 20.5. The van der Waals surface area contributed by atoms with Gasteiger partial charge in [-0.05, 0) is 62.7 Å². The molecular formula is C29H27N5O2. The van der Waals surface area contributed by atoms with Crippen molar-refractivity contribution >= 4 is 27.6 Å². The molecule has 1 aliphatic heterocycles. The normalized spacial score (nSPS) is 18.1. The van der Waals surface area contributed by atoms with E-state index >= 15 is 0 Å². The molecule has 0 N–H and O–H groups in total. The zero-order chi connectivity index (χ0) is 24.8. The Kier molecular flexibility index (Phi) is 5.49. The summed E-state index contributed by atoms with van der Waals surface area (Å²) < 4.78 is 7.59. The van der Waals surface area contributed by atoms with Gasteiger partial charge in [0.1, 0.15) is 5.82 Å². The van der Waals surface area contributed by atoms with Crippen molar-refractivity contribution in [1.29, 1.82) is 0 Å². The van der Waals surface area contributed by atoms with Gasteiger partial charge in [-0.3, -0.25) is 19.3 Å². The summed E-state index contributed by atoms with van der Waals surface area (Å²) in [7, 11) is 0. The van der Waals surface area contributed by atoms with Gasteiger partial charge >= 0.3 is 0 Å². The van der Waals surface area contributed by atoms with E-state index in [1.807, 2.05) is 55.7 Å². The van der Waals surface area contributed by atoms with Crippen LogP contribution in [0.4, 0.5) is 5.82 Å². The van der Waals surface area contributed by atoms with Crippen LogP contribution in [0.5, 0.6) is 0 Å². The van der Waals surface area contributed by atoms with Crippen LogP contribution in [0.1, 0.15) is 19.5 Å². The molecule has 1 aromatic carbocycles. The van der Waals surface area contributed by atoms with Gasteiger partial charge in [-0.25, -0.2) is 4.98 Å². The molecule has 0 aliphatic carbocycles. The minimum absolute atomic E-state index is 0.111. The van der Waals surface area contributed by atoms with Crippen LogP contribution in [0.2, 0.25) is 0 Å². The molecule has 36 heavy (non-hydrogen) atoms. The summed E-state index contributed by atoms with van der Waals surface area (Å²) in [4.78, 5) is 29.3. The number of anilines is 1. The van der Waals surface area contributed by atoms with Gasteiger partial charge in [0.05, 0.1) is 35.1 Å². The number of pyridine rings is 4. The van der Waals surface area contributed by atoms with E-state index in [9.17, 15) is 4.79 Å². The second-order valence-corrected chi connectivity index (χ2v) is 9.53. The zero-order valence-electron chi connectivity index (χ0n) is 20.5. The third-order valence-electron chi connectivity index (χ3n) is 6.70. The molecule has 7 heteroatoms. The predicted molar refractivity (Wildman–Crippen MR) is 143 cm³/mol. The molecule has 2 unspecified atom stereocenters. The third kappa shape index (κ3) is 4.01. The van der Waals surface area contributed by atoms with E-state index in [0.717, 1.165) is 63.2 Å². The Bertz CT molecular complexity index is 1620. The van der Waals surface area contributed by atoms with Crippen molar-refractivity contribution in [3.8, 4) is 16.8 Å². The first-order valence-corrected chi connectivity index (χ1v) is 12.2. The van der Waals surface area contributed by atoms with Crippen molar-refractivity contribution in [3.05, 3.63) is 89.2 Å². The first kappa shape index (κ1) is 22.4. The van der Waals surface area contributed by atoms with Gasteiger partial charge in [-0.1, -0.05) is 12.1 Å². The van der Waals surface area contributed by atoms with Crippen LogP contribution in [0.15, 0.2) is 78.0 Å². The maximum atomic E-state index is 13.2. The third-order valence-corrected chi connectivity index (χ3v) is 6.70. The second kappa shape index (κ2) is 8.84. The molecule has 6 rings (SSSR count). The Balaban J connectivity index is 1.49. The molecule has 180 valence electrons. The molecule has 0 radical (unpaired) electrons. The van der Waals surface area contributed by atoms with Crippen molar-refractivity contribution in [2.45, 2.75) is 33.0 Å². The Morgan fingerprint density at radius 1 is 0.833 bits per heavy atom. The average molecular weight is 478 g/mol. The minimum Gasteiger partial charge on any atom is -0.372 e. The monoisotopic (exact) mass is 477 g/mol. The van der Waals surface area contributed by atoms with E-state index in [2.05, 4.69) is 40.8 Å². The molecule has 1 fully saturated rings. The first-order valence-electron chi connectivity index (χ1n) is 12.2. The highest BCUT2D eigenvalue weighted by Gasteiger charge is 2.23. The van der Waals surface area contributed by atoms with Crippen molar-refractivity contribution in [2.24, 2.45) is 0 Å². The van der Waals surface area contributed by atoms with E-state index in [1.54, 1.807) is 16.8 Å². The highest BCUT2D eigenvalue weighted by atomic mass is 16.5. The van der Waals surface area contributed by atoms with Crippen LogP contribution >= 0.6 is 0 Å². The van der Waals surface area contributed by atoms with E-state index in [-0.39, 0.29) is 17.8 Å². The van der Waals surface area contributed by atoms with Gasteiger partial charge in [-0.2, -0.15) is 0 Å². The number of aryl methyl sites for hydroxylation is 1. The SMILES string of the molecule is Cc1ccc(-c2ccc3ncc4ccc(=O)n(-c5ccc(N6CC(C)OC(C)C6)nc5)c4c3c2)cn1. The number of hydrogen-bond acceptors (Lipinski definition) is 6. The highest BCUT2D eigenvalue weighted by Crippen LogP contribution is 2.29. The summed E-state index contributed by atoms with van der Waals surface area (Å²) in [6.45, 7) is 7.70. The summed E-state index contributed by atoms with van der Waals surface area (Å²) in [6.07, 6.45) is 5.76. The lowest BCUT2D eigenvalue weighted by Gasteiger charge is -2.36. The van der Waals surface area contributed by atoms with Gasteiger partial charge in [0, 0.05) is 53.6 Å². The summed E-state index contributed by atoms with van der Waals surface area (Å²) in [5.74, 6) is 0.884. The molecule has 5 heterocycles. The highest BCUT2D eigenvalue weighted by molar-refractivity contribution is 6.05. The van der Waals surface area contributed by atoms with E-state index in [4.69, 9.17) is 9.72 Å². The predicted octanol–water partition coefficient (Wildman–Crippen LogP) is 4.92. The first-order chi connectivity index (χ1) is 17.5. The maximum absolute atomic E-state index is 13.2. The van der Waals surface area contributed by atoms with Crippen LogP contribution in [-0.2, 0) is 4.74 Å². The lowest BCUT2D eigenvalue weighted by molar-refractivity contribution is -0.00545. The summed E-state index contributed by atoms with van der Waals surface area (Å²) in [6, 6.07) is 17.6. The van der Waals surface area contributed by atoms with Crippen LogP contribution in [0.25, 0.3) is 38.6 Å². The quantitative estimate of drug-likeness (QED) is 0.344. The standard InChI is InChI=1S/C29H27N5O2/c1-18-4-5-22(13-30-18)21-6-9-26-25(12-21)29-23(14-31-26)7-11-28(35)34(29)24-8-10-27(32-15-24)33-16-19(2)36-20(3)17-33/h4-15,19-20H,16-17H2,1-3H3. The number of hydrogen-bond donors (Lipinski definition) is 0. The number of morpholine rings is 1. The molecule has 1 saturated heterocycles. The summed E-state index contributed by atoms with van der Waals surface area (Å²) in [5, 5.41) is 1.80. The number of fused-ring (bicyclic) bond motifs is 3. The molecule has 7 nitrogen and oxygen atoms in total. The van der Waals surface area contributed by atoms with Crippen LogP contribution in [0, 0.1) is 6.92 Å². The lowest BCUT2D eigenvalue weighted by Crippen LogP contribution is -2.45. The van der Waals surface area contributed by atoms with Crippen molar-refractivity contribution in [2.75, 3.05) is 18.0 Å². The average Bonchev–Trinajstić information content (AvgIpc) is 2.88. The lowest BCUT2D eigenvalue weighted by atomic mass is 10.0. The Hall–Kier alpha value is -4.10. The molecule has 5 aromatic rings. The number of benzene rings is 1. The Morgan fingerprint density at radius 2 is 1.64 bits per heavy atom. The fourth-order valence-electron chi connectivity index (χ4n) is 5.05. The molecule has 0 saturated carbocycles. The number of rotatable bonds is 3. The van der Waals surface area contributed by atoms with Crippen LogP contribution < -0.4 is 10.5 Å². The summed E-state index contributed by atoms with van der Waals surface area (Å²) in [5.41, 5.74) is 5.27. The summed E-state index contributed by atoms with van der Waals surface area (Å²) >= 11 is 0. The van der Waals surface area contributed by atoms with Gasteiger partial charge in [0.15, 0.2) is 0 Å². The van der Waals surface area contributed by atoms with Crippen LogP contribution in [-0.4, -0.2) is 44.8 Å². The number of aromatic nitrogens is 4. The van der Waals surface area contributed by atoms with Crippen LogP contribution in [0.3, 0.4) is 0 Å². The largest absolute Gasteiger partial charge is 0.372 e. The van der Waals surface area contributed by atoms with E-state index < -0.39 is 0 Å². The molecule has 1 aliphatic rings. The van der Waals surface area contributed by atoms with Crippen molar-refractivity contribution in [3.63, 3.8) is 0 Å². The molecule has 0 bridgehead atoms. The van der Waals surface area contributed by atoms with E-state index in [0.29, 0.717) is 0 Å². The molecule has 0 spiro atoms. The minimum atomic E-state index is -0.111. The fraction of sp³-hybridized carbons (Fsp3) is 0.241. The smallest absolute Gasteiger partial charge is 0.255 e. The number of ether oxygens (including phenoxy) is 1. The van der Waals surface area contributed by atoms with Gasteiger partial charge < -0.3 is 9.64 Å². The van der Waals surface area contributed by atoms with Crippen molar-refractivity contribution < 1.29 is 4.74 Å². The maximum Gasteiger partial charge on any atom is 0.255 e. The van der Waals surface area contributed by atoms with E-state index in [1.165, 1.54) is 0 Å². The van der Waals surface area contributed by atoms with Gasteiger partial charge in [0.25, 0.3) is 5.56 Å². The Labute approximate surface area is 209 Å². The molecular weight excluding hydrogens is 450 g/mol. The molecule has 4 aromatic heterocycles. The molecule has 2 atom stereocenters. The molecule has 0 amide bonds. The van der Waals surface area contributed by atoms with Crippen molar-refractivity contribution in [1.82, 2.24) is 19.5 Å². The second-order valence-electron chi connectivity index (χ2n) is 9.53. The fourth-order valence-corrected chi connectivity index (χ4v) is 5.05. The van der Waals surface area contributed by atoms with Gasteiger partial charge in [0.2, 0.25) is 0 Å². The Morgan fingerprint density at radius 3 is 2.36 bits per heavy atom. The van der Waals surface area contributed by atoms with Gasteiger partial charge in [-0.15, -0.1) is 0 Å². The topological polar surface area (TPSA) is 73.1 Å².